The number of sulfonamides is 1. The van der Waals surface area contributed by atoms with Gasteiger partial charge in [0.15, 0.2) is 0 Å². The number of nitrogens with zero attached hydrogens (tertiary/aromatic N) is 5. The molecule has 1 aromatic rings. The van der Waals surface area contributed by atoms with Crippen LogP contribution < -0.4 is 4.90 Å². The van der Waals surface area contributed by atoms with E-state index in [0.29, 0.717) is 32.0 Å². The Morgan fingerprint density at radius 1 is 1.35 bits per heavy atom. The Morgan fingerprint density at radius 3 is 2.69 bits per heavy atom. The summed E-state index contributed by atoms with van der Waals surface area (Å²) in [7, 11) is -1.20. The van der Waals surface area contributed by atoms with Gasteiger partial charge in [-0.25, -0.2) is 18.4 Å². The van der Waals surface area contributed by atoms with E-state index in [1.54, 1.807) is 12.5 Å². The maximum Gasteiger partial charge on any atom is 0.211 e. The highest BCUT2D eigenvalue weighted by atomic mass is 32.2. The zero-order valence-electron chi connectivity index (χ0n) is 15.6. The second-order valence-electron chi connectivity index (χ2n) is 7.61. The van der Waals surface area contributed by atoms with Gasteiger partial charge in [0.1, 0.15) is 12.1 Å². The predicted molar refractivity (Wildman–Crippen MR) is 100 cm³/mol. The Labute approximate surface area is 155 Å². The summed E-state index contributed by atoms with van der Waals surface area (Å²) >= 11 is 0. The van der Waals surface area contributed by atoms with Crippen LogP contribution in [0.4, 0.5) is 5.82 Å². The molecule has 1 atom stereocenters. The molecule has 0 saturated carbocycles. The van der Waals surface area contributed by atoms with Crippen LogP contribution >= 0.6 is 0 Å². The standard InChI is InChI=1S/C17H29N5O3S/c1-20(16-4-8-18-14-19-16)15-5-10-21(11-6-15)12-17(23)7-3-9-22(13-17)26(2,24)25/h4,8,14-15,23H,3,5-7,9-13H2,1-2H3. The van der Waals surface area contributed by atoms with Crippen LogP contribution in [0.5, 0.6) is 0 Å². The lowest BCUT2D eigenvalue weighted by Crippen LogP contribution is -2.57. The van der Waals surface area contributed by atoms with Gasteiger partial charge in [-0.2, -0.15) is 4.31 Å². The van der Waals surface area contributed by atoms with Crippen molar-refractivity contribution in [3.05, 3.63) is 18.6 Å². The average molecular weight is 384 g/mol. The minimum atomic E-state index is -3.25. The highest BCUT2D eigenvalue weighted by Gasteiger charge is 2.38. The van der Waals surface area contributed by atoms with Crippen molar-refractivity contribution in [3.63, 3.8) is 0 Å². The Morgan fingerprint density at radius 2 is 2.08 bits per heavy atom. The molecule has 0 spiro atoms. The van der Waals surface area contributed by atoms with Gasteiger partial charge in [0.2, 0.25) is 10.0 Å². The molecule has 146 valence electrons. The number of β-amino-alcohol motifs (C(OH)–C–C–N with tert-alkyl or cyclic N) is 1. The molecule has 0 aromatic carbocycles. The third-order valence-electron chi connectivity index (χ3n) is 5.54. The summed E-state index contributed by atoms with van der Waals surface area (Å²) in [5, 5.41) is 10.9. The Bertz CT molecular complexity index is 694. The average Bonchev–Trinajstić information content (AvgIpc) is 2.61. The van der Waals surface area contributed by atoms with E-state index in [4.69, 9.17) is 0 Å². The van der Waals surface area contributed by atoms with E-state index in [0.717, 1.165) is 31.7 Å². The SMILES string of the molecule is CN(c1ccncn1)C1CCN(CC2(O)CCCN(S(C)(=O)=O)C2)CC1. The number of piperidine rings is 2. The third-order valence-corrected chi connectivity index (χ3v) is 6.79. The lowest BCUT2D eigenvalue weighted by molar-refractivity contribution is -0.0386. The maximum absolute atomic E-state index is 11.8. The lowest BCUT2D eigenvalue weighted by Gasteiger charge is -2.43. The molecule has 2 saturated heterocycles. The van der Waals surface area contributed by atoms with Crippen LogP contribution in [-0.4, -0.2) is 90.4 Å². The molecule has 26 heavy (non-hydrogen) atoms. The molecular weight excluding hydrogens is 354 g/mol. The number of rotatable bonds is 5. The van der Waals surface area contributed by atoms with Gasteiger partial charge in [-0.1, -0.05) is 0 Å². The number of anilines is 1. The molecule has 0 bridgehead atoms. The summed E-state index contributed by atoms with van der Waals surface area (Å²) < 4.78 is 25.0. The van der Waals surface area contributed by atoms with Gasteiger partial charge >= 0.3 is 0 Å². The highest BCUT2D eigenvalue weighted by Crippen LogP contribution is 2.26. The highest BCUT2D eigenvalue weighted by molar-refractivity contribution is 7.88. The first-order valence-electron chi connectivity index (χ1n) is 9.16. The van der Waals surface area contributed by atoms with Crippen molar-refractivity contribution in [2.75, 3.05) is 50.9 Å². The summed E-state index contributed by atoms with van der Waals surface area (Å²) in [6, 6.07) is 2.33. The summed E-state index contributed by atoms with van der Waals surface area (Å²) in [5.74, 6) is 0.924. The number of hydrogen-bond donors (Lipinski definition) is 1. The van der Waals surface area contributed by atoms with Crippen molar-refractivity contribution in [2.45, 2.75) is 37.3 Å². The predicted octanol–water partition coefficient (Wildman–Crippen LogP) is 0.164. The van der Waals surface area contributed by atoms with Crippen LogP contribution in [0.25, 0.3) is 0 Å². The molecule has 0 amide bonds. The first-order chi connectivity index (χ1) is 12.3. The van der Waals surface area contributed by atoms with Crippen LogP contribution in [-0.2, 0) is 10.0 Å². The van der Waals surface area contributed by atoms with Gasteiger partial charge in [-0.05, 0) is 31.7 Å². The number of likely N-dealkylation sites (tertiary alicyclic amines) is 1. The number of aliphatic hydroxyl groups is 1. The molecular formula is C17H29N5O3S. The summed E-state index contributed by atoms with van der Waals surface area (Å²) in [5.41, 5.74) is -0.952. The van der Waals surface area contributed by atoms with Crippen molar-refractivity contribution in [1.29, 1.82) is 0 Å². The summed E-state index contributed by atoms with van der Waals surface area (Å²) in [6.45, 7) is 3.02. The van der Waals surface area contributed by atoms with Gasteiger partial charge in [0, 0.05) is 52.0 Å². The van der Waals surface area contributed by atoms with Gasteiger partial charge in [0.05, 0.1) is 11.9 Å². The zero-order chi connectivity index (χ0) is 18.8. The second kappa shape index (κ2) is 7.75. The summed E-state index contributed by atoms with van der Waals surface area (Å²) in [6.07, 6.45) is 7.87. The van der Waals surface area contributed by atoms with Gasteiger partial charge in [-0.3, -0.25) is 0 Å². The van der Waals surface area contributed by atoms with Crippen LogP contribution in [0.1, 0.15) is 25.7 Å². The van der Waals surface area contributed by atoms with Gasteiger partial charge in [0.25, 0.3) is 0 Å². The molecule has 2 aliphatic rings. The van der Waals surface area contributed by atoms with Crippen molar-refractivity contribution < 1.29 is 13.5 Å². The molecule has 2 aliphatic heterocycles. The van der Waals surface area contributed by atoms with Gasteiger partial charge in [-0.15, -0.1) is 0 Å². The molecule has 1 unspecified atom stereocenters. The molecule has 3 rings (SSSR count). The van der Waals surface area contributed by atoms with Crippen LogP contribution in [0, 0.1) is 0 Å². The minimum absolute atomic E-state index is 0.201. The van der Waals surface area contributed by atoms with E-state index in [9.17, 15) is 13.5 Å². The molecule has 3 heterocycles. The molecule has 0 aliphatic carbocycles. The Balaban J connectivity index is 1.53. The molecule has 1 N–H and O–H groups in total. The number of hydrogen-bond acceptors (Lipinski definition) is 7. The van der Waals surface area contributed by atoms with E-state index in [1.807, 2.05) is 6.07 Å². The van der Waals surface area contributed by atoms with Crippen LogP contribution in [0.15, 0.2) is 18.6 Å². The summed E-state index contributed by atoms with van der Waals surface area (Å²) in [4.78, 5) is 12.7. The van der Waals surface area contributed by atoms with E-state index in [2.05, 4.69) is 26.8 Å². The lowest BCUT2D eigenvalue weighted by atomic mass is 9.92. The zero-order valence-corrected chi connectivity index (χ0v) is 16.4. The van der Waals surface area contributed by atoms with E-state index < -0.39 is 15.6 Å². The van der Waals surface area contributed by atoms with Crippen molar-refractivity contribution in [3.8, 4) is 0 Å². The fourth-order valence-corrected chi connectivity index (χ4v) is 4.98. The minimum Gasteiger partial charge on any atom is -0.387 e. The van der Waals surface area contributed by atoms with E-state index in [-0.39, 0.29) is 6.54 Å². The molecule has 2 fully saturated rings. The normalized spacial score (nSPS) is 26.7. The van der Waals surface area contributed by atoms with Crippen molar-refractivity contribution >= 4 is 15.8 Å². The quantitative estimate of drug-likeness (QED) is 0.775. The maximum atomic E-state index is 11.8. The Kier molecular flexibility index (Phi) is 5.81. The van der Waals surface area contributed by atoms with Gasteiger partial charge < -0.3 is 14.9 Å². The van der Waals surface area contributed by atoms with Crippen molar-refractivity contribution in [2.24, 2.45) is 0 Å². The van der Waals surface area contributed by atoms with Crippen LogP contribution in [0.2, 0.25) is 0 Å². The molecule has 9 heteroatoms. The first kappa shape index (κ1) is 19.5. The monoisotopic (exact) mass is 383 g/mol. The van der Waals surface area contributed by atoms with Crippen molar-refractivity contribution in [1.82, 2.24) is 19.2 Å². The number of aromatic nitrogens is 2. The fourth-order valence-electron chi connectivity index (χ4n) is 4.04. The topological polar surface area (TPSA) is 89.9 Å². The van der Waals surface area contributed by atoms with E-state index >= 15 is 0 Å². The Hall–Kier alpha value is -1.29. The van der Waals surface area contributed by atoms with Crippen LogP contribution in [0.3, 0.4) is 0 Å². The second-order valence-corrected chi connectivity index (χ2v) is 9.59. The smallest absolute Gasteiger partial charge is 0.211 e. The first-order valence-corrected chi connectivity index (χ1v) is 11.0. The third kappa shape index (κ3) is 4.70. The molecule has 0 radical (unpaired) electrons. The fraction of sp³-hybridized carbons (Fsp3) is 0.765. The molecule has 8 nitrogen and oxygen atoms in total. The van der Waals surface area contributed by atoms with E-state index in [1.165, 1.54) is 10.6 Å². The molecule has 1 aromatic heterocycles. The largest absolute Gasteiger partial charge is 0.387 e.